The van der Waals surface area contributed by atoms with Gasteiger partial charge in [-0.15, -0.1) is 0 Å². The van der Waals surface area contributed by atoms with Gasteiger partial charge in [0, 0.05) is 25.7 Å². The summed E-state index contributed by atoms with van der Waals surface area (Å²) in [5.41, 5.74) is 0.854. The summed E-state index contributed by atoms with van der Waals surface area (Å²) in [7, 11) is -3.83. The molecule has 0 unspecified atom stereocenters. The maximum atomic E-state index is 11.8. The molecule has 1 heterocycles. The Labute approximate surface area is 124 Å². The van der Waals surface area contributed by atoms with Gasteiger partial charge < -0.3 is 10.0 Å². The van der Waals surface area contributed by atoms with Gasteiger partial charge in [-0.2, -0.15) is 12.7 Å². The molecule has 116 valence electrons. The highest BCUT2D eigenvalue weighted by molar-refractivity contribution is 7.86. The van der Waals surface area contributed by atoms with Gasteiger partial charge in [-0.05, 0) is 18.4 Å². The van der Waals surface area contributed by atoms with E-state index < -0.39 is 16.3 Å². The molecule has 7 nitrogen and oxygen atoms in total. The molecule has 0 radical (unpaired) electrons. The van der Waals surface area contributed by atoms with Crippen LogP contribution in [0.25, 0.3) is 0 Å². The number of carboxylic acid groups (broad SMARTS) is 1. The lowest BCUT2D eigenvalue weighted by Gasteiger charge is -2.35. The summed E-state index contributed by atoms with van der Waals surface area (Å²) in [6.07, 6.45) is -0.0656. The fourth-order valence-electron chi connectivity index (χ4n) is 2.54. The van der Waals surface area contributed by atoms with Crippen LogP contribution < -0.4 is 5.14 Å². The molecular weight excluding hydrogens is 294 g/mol. The second-order valence-corrected chi connectivity index (χ2v) is 6.58. The standard InChI is InChI=1S/C13H19N3O4S/c14-21(19,20)16(10-11-4-2-1-3-5-11)12-6-8-15(9-7-12)13(17)18/h1-5,12H,6-10H2,(H,17,18)(H2,14,19,20). The lowest BCUT2D eigenvalue weighted by atomic mass is 10.0. The van der Waals surface area contributed by atoms with Gasteiger partial charge in [-0.1, -0.05) is 30.3 Å². The van der Waals surface area contributed by atoms with E-state index in [1.54, 1.807) is 0 Å². The Hall–Kier alpha value is -1.64. The molecule has 0 spiro atoms. The van der Waals surface area contributed by atoms with Crippen LogP contribution in [-0.4, -0.2) is 48.0 Å². The molecule has 8 heteroatoms. The Morgan fingerprint density at radius 2 is 1.86 bits per heavy atom. The molecule has 1 aliphatic heterocycles. The second kappa shape index (κ2) is 6.42. The Morgan fingerprint density at radius 1 is 1.29 bits per heavy atom. The zero-order valence-corrected chi connectivity index (χ0v) is 12.4. The van der Waals surface area contributed by atoms with Gasteiger partial charge >= 0.3 is 6.09 Å². The summed E-state index contributed by atoms with van der Waals surface area (Å²) in [5, 5.41) is 14.2. The molecule has 0 atom stereocenters. The topological polar surface area (TPSA) is 104 Å². The van der Waals surface area contributed by atoms with Crippen LogP contribution in [0, 0.1) is 0 Å². The van der Waals surface area contributed by atoms with Crippen LogP contribution in [0.2, 0.25) is 0 Å². The van der Waals surface area contributed by atoms with E-state index in [1.165, 1.54) is 9.21 Å². The SMILES string of the molecule is NS(=O)(=O)N(Cc1ccccc1)C1CCN(C(=O)O)CC1. The van der Waals surface area contributed by atoms with Gasteiger partial charge in [0.05, 0.1) is 0 Å². The number of benzene rings is 1. The monoisotopic (exact) mass is 313 g/mol. The molecule has 1 aromatic carbocycles. The molecule has 0 aliphatic carbocycles. The number of piperidine rings is 1. The number of rotatable bonds is 4. The lowest BCUT2D eigenvalue weighted by molar-refractivity contribution is 0.117. The number of hydrogen-bond acceptors (Lipinski definition) is 3. The molecule has 0 saturated carbocycles. The van der Waals surface area contributed by atoms with Gasteiger partial charge in [-0.25, -0.2) is 9.93 Å². The minimum atomic E-state index is -3.83. The van der Waals surface area contributed by atoms with Crippen LogP contribution >= 0.6 is 0 Å². The van der Waals surface area contributed by atoms with Crippen LogP contribution in [0.5, 0.6) is 0 Å². The van der Waals surface area contributed by atoms with Crippen LogP contribution in [0.1, 0.15) is 18.4 Å². The van der Waals surface area contributed by atoms with Crippen molar-refractivity contribution in [3.05, 3.63) is 35.9 Å². The summed E-state index contributed by atoms with van der Waals surface area (Å²) in [5.74, 6) is 0. The largest absolute Gasteiger partial charge is 0.465 e. The summed E-state index contributed by atoms with van der Waals surface area (Å²) < 4.78 is 24.9. The molecule has 2 rings (SSSR count). The average molecular weight is 313 g/mol. The Kier molecular flexibility index (Phi) is 4.81. The highest BCUT2D eigenvalue weighted by Gasteiger charge is 2.31. The zero-order chi connectivity index (χ0) is 15.5. The van der Waals surface area contributed by atoms with Crippen LogP contribution in [-0.2, 0) is 16.8 Å². The summed E-state index contributed by atoms with van der Waals surface area (Å²) in [6.45, 7) is 0.846. The molecular formula is C13H19N3O4S. The van der Waals surface area contributed by atoms with Gasteiger partial charge in [-0.3, -0.25) is 0 Å². The van der Waals surface area contributed by atoms with Crippen LogP contribution in [0.3, 0.4) is 0 Å². The predicted octanol–water partition coefficient (Wildman–Crippen LogP) is 0.834. The molecule has 1 fully saturated rings. The fourth-order valence-corrected chi connectivity index (χ4v) is 3.49. The number of likely N-dealkylation sites (tertiary alicyclic amines) is 1. The van der Waals surface area contributed by atoms with E-state index in [0.29, 0.717) is 25.9 Å². The van der Waals surface area contributed by atoms with Crippen LogP contribution in [0.4, 0.5) is 4.79 Å². The minimum absolute atomic E-state index is 0.206. The van der Waals surface area contributed by atoms with Crippen LogP contribution in [0.15, 0.2) is 30.3 Å². The van der Waals surface area contributed by atoms with Gasteiger partial charge in [0.15, 0.2) is 0 Å². The smallest absolute Gasteiger partial charge is 0.407 e. The minimum Gasteiger partial charge on any atom is -0.465 e. The average Bonchev–Trinajstić information content (AvgIpc) is 2.45. The Bertz CT molecular complexity index is 583. The highest BCUT2D eigenvalue weighted by atomic mass is 32.2. The normalized spacial score (nSPS) is 17.1. The number of nitrogens with zero attached hydrogens (tertiary/aromatic N) is 2. The van der Waals surface area contributed by atoms with Crippen molar-refractivity contribution >= 4 is 16.3 Å². The number of nitrogens with two attached hydrogens (primary N) is 1. The molecule has 21 heavy (non-hydrogen) atoms. The van der Waals surface area contributed by atoms with Gasteiger partial charge in [0.25, 0.3) is 10.2 Å². The molecule has 0 aromatic heterocycles. The predicted molar refractivity (Wildman–Crippen MR) is 77.7 cm³/mol. The van der Waals surface area contributed by atoms with Crippen molar-refractivity contribution in [3.8, 4) is 0 Å². The first-order chi connectivity index (χ1) is 9.88. The van der Waals surface area contributed by atoms with Crippen molar-refractivity contribution in [1.82, 2.24) is 9.21 Å². The molecule has 1 aliphatic rings. The summed E-state index contributed by atoms with van der Waals surface area (Å²) in [6, 6.07) is 8.94. The third kappa shape index (κ3) is 4.16. The lowest BCUT2D eigenvalue weighted by Crippen LogP contribution is -2.50. The molecule has 1 aromatic rings. The number of carbonyl (C=O) groups is 1. The maximum Gasteiger partial charge on any atom is 0.407 e. The zero-order valence-electron chi connectivity index (χ0n) is 11.6. The summed E-state index contributed by atoms with van der Waals surface area (Å²) in [4.78, 5) is 12.2. The first kappa shape index (κ1) is 15.7. The van der Waals surface area contributed by atoms with E-state index >= 15 is 0 Å². The van der Waals surface area contributed by atoms with Crippen molar-refractivity contribution in [3.63, 3.8) is 0 Å². The maximum absolute atomic E-state index is 11.8. The van der Waals surface area contributed by atoms with E-state index in [0.717, 1.165) is 5.56 Å². The summed E-state index contributed by atoms with van der Waals surface area (Å²) >= 11 is 0. The second-order valence-electron chi connectivity index (χ2n) is 5.08. The third-order valence-electron chi connectivity index (χ3n) is 3.65. The molecule has 1 amide bonds. The van der Waals surface area contributed by atoms with Crippen molar-refractivity contribution < 1.29 is 18.3 Å². The first-order valence-corrected chi connectivity index (χ1v) is 8.19. The van der Waals surface area contributed by atoms with E-state index in [-0.39, 0.29) is 12.6 Å². The van der Waals surface area contributed by atoms with E-state index in [9.17, 15) is 13.2 Å². The van der Waals surface area contributed by atoms with E-state index in [2.05, 4.69) is 0 Å². The number of hydrogen-bond donors (Lipinski definition) is 2. The molecule has 0 bridgehead atoms. The van der Waals surface area contributed by atoms with E-state index in [4.69, 9.17) is 10.2 Å². The Morgan fingerprint density at radius 3 is 2.33 bits per heavy atom. The highest BCUT2D eigenvalue weighted by Crippen LogP contribution is 2.21. The molecule has 3 N–H and O–H groups in total. The van der Waals surface area contributed by atoms with Crippen molar-refractivity contribution in [2.24, 2.45) is 5.14 Å². The van der Waals surface area contributed by atoms with Crippen molar-refractivity contribution in [2.45, 2.75) is 25.4 Å². The van der Waals surface area contributed by atoms with Gasteiger partial charge in [0.2, 0.25) is 0 Å². The fraction of sp³-hybridized carbons (Fsp3) is 0.462. The van der Waals surface area contributed by atoms with Gasteiger partial charge in [0.1, 0.15) is 0 Å². The quantitative estimate of drug-likeness (QED) is 0.859. The molecule has 1 saturated heterocycles. The Balaban J connectivity index is 2.10. The first-order valence-electron chi connectivity index (χ1n) is 6.69. The third-order valence-corrected chi connectivity index (χ3v) is 4.73. The van der Waals surface area contributed by atoms with Crippen molar-refractivity contribution in [2.75, 3.05) is 13.1 Å². The van der Waals surface area contributed by atoms with E-state index in [1.807, 2.05) is 30.3 Å². The number of amides is 1. The van der Waals surface area contributed by atoms with Crippen molar-refractivity contribution in [1.29, 1.82) is 0 Å².